The Labute approximate surface area is 234 Å². The number of benzene rings is 3. The SMILES string of the molecule is CN(C[C@@H](CCN1CCC2(C=Cc3ccccc32)CC1)c1ccc(Cl)c(Cl)c1)C(=O)c1cccc(Cl)c1. The molecule has 1 heterocycles. The van der Waals surface area contributed by atoms with E-state index in [9.17, 15) is 4.79 Å². The van der Waals surface area contributed by atoms with Crippen LogP contribution in [0.5, 0.6) is 0 Å². The van der Waals surface area contributed by atoms with Crippen molar-refractivity contribution in [2.75, 3.05) is 33.2 Å². The summed E-state index contributed by atoms with van der Waals surface area (Å²) in [4.78, 5) is 17.5. The van der Waals surface area contributed by atoms with Crippen molar-refractivity contribution in [3.05, 3.63) is 110 Å². The number of allylic oxidation sites excluding steroid dienone is 1. The molecule has 5 rings (SSSR count). The number of amides is 1. The van der Waals surface area contributed by atoms with Crippen molar-refractivity contribution in [3.8, 4) is 0 Å². The van der Waals surface area contributed by atoms with Gasteiger partial charge in [0, 0.05) is 35.5 Å². The van der Waals surface area contributed by atoms with Gasteiger partial charge in [0.25, 0.3) is 5.91 Å². The fourth-order valence-corrected chi connectivity index (χ4v) is 6.27. The Morgan fingerprint density at radius 2 is 1.76 bits per heavy atom. The average molecular weight is 554 g/mol. The van der Waals surface area contributed by atoms with E-state index in [2.05, 4.69) is 41.3 Å². The summed E-state index contributed by atoms with van der Waals surface area (Å²) in [5.74, 6) is 0.0880. The Hall–Kier alpha value is -2.30. The average Bonchev–Trinajstić information content (AvgIpc) is 3.26. The molecule has 1 amide bonds. The normalized spacial score (nSPS) is 17.1. The Morgan fingerprint density at radius 3 is 2.51 bits per heavy atom. The largest absolute Gasteiger partial charge is 0.341 e. The highest BCUT2D eigenvalue weighted by Crippen LogP contribution is 2.43. The number of piperidine rings is 1. The maximum Gasteiger partial charge on any atom is 0.253 e. The molecule has 3 aromatic carbocycles. The van der Waals surface area contributed by atoms with Crippen LogP contribution >= 0.6 is 34.8 Å². The minimum atomic E-state index is -0.0424. The van der Waals surface area contributed by atoms with Crippen molar-refractivity contribution in [2.45, 2.75) is 30.6 Å². The molecule has 192 valence electrons. The highest BCUT2D eigenvalue weighted by molar-refractivity contribution is 6.42. The number of hydrogen-bond donors (Lipinski definition) is 0. The second-order valence-corrected chi connectivity index (χ2v) is 11.5. The van der Waals surface area contributed by atoms with Crippen molar-refractivity contribution < 1.29 is 4.79 Å². The zero-order valence-corrected chi connectivity index (χ0v) is 23.2. The Morgan fingerprint density at radius 1 is 0.973 bits per heavy atom. The summed E-state index contributed by atoms with van der Waals surface area (Å²) in [6, 6.07) is 21.7. The first-order valence-electron chi connectivity index (χ1n) is 12.8. The summed E-state index contributed by atoms with van der Waals surface area (Å²) < 4.78 is 0. The molecule has 1 aliphatic carbocycles. The second kappa shape index (κ2) is 11.2. The zero-order chi connectivity index (χ0) is 26.0. The topological polar surface area (TPSA) is 23.6 Å². The summed E-state index contributed by atoms with van der Waals surface area (Å²) in [5.41, 5.74) is 4.71. The fraction of sp³-hybridized carbons (Fsp3) is 0.323. The maximum absolute atomic E-state index is 13.1. The number of rotatable bonds is 7. The molecule has 0 radical (unpaired) electrons. The molecule has 6 heteroatoms. The summed E-state index contributed by atoms with van der Waals surface area (Å²) >= 11 is 18.7. The molecule has 0 N–H and O–H groups in total. The van der Waals surface area contributed by atoms with E-state index in [1.165, 1.54) is 11.1 Å². The molecule has 0 aromatic heterocycles. The van der Waals surface area contributed by atoms with E-state index >= 15 is 0 Å². The molecule has 1 spiro atoms. The van der Waals surface area contributed by atoms with E-state index < -0.39 is 0 Å². The fourth-order valence-electron chi connectivity index (χ4n) is 5.77. The van der Waals surface area contributed by atoms with Crippen LogP contribution < -0.4 is 0 Å². The number of hydrogen-bond acceptors (Lipinski definition) is 2. The monoisotopic (exact) mass is 552 g/mol. The van der Waals surface area contributed by atoms with Crippen molar-refractivity contribution in [1.82, 2.24) is 9.80 Å². The zero-order valence-electron chi connectivity index (χ0n) is 21.0. The summed E-state index contributed by atoms with van der Waals surface area (Å²) in [5, 5.41) is 1.64. The molecule has 1 saturated heterocycles. The molecular weight excluding hydrogens is 523 g/mol. The van der Waals surface area contributed by atoms with Crippen LogP contribution in [-0.2, 0) is 5.41 Å². The third-order valence-electron chi connectivity index (χ3n) is 7.95. The van der Waals surface area contributed by atoms with Gasteiger partial charge in [-0.3, -0.25) is 4.79 Å². The highest BCUT2D eigenvalue weighted by atomic mass is 35.5. The first-order valence-corrected chi connectivity index (χ1v) is 14.0. The second-order valence-electron chi connectivity index (χ2n) is 10.3. The smallest absolute Gasteiger partial charge is 0.253 e. The van der Waals surface area contributed by atoms with Crippen LogP contribution in [0.15, 0.2) is 72.8 Å². The number of halogens is 3. The number of carbonyl (C=O) groups is 1. The molecule has 1 aliphatic heterocycles. The molecule has 0 bridgehead atoms. The number of fused-ring (bicyclic) bond motifs is 2. The van der Waals surface area contributed by atoms with Gasteiger partial charge in [-0.05, 0) is 85.9 Å². The third kappa shape index (κ3) is 5.76. The molecule has 37 heavy (non-hydrogen) atoms. The molecule has 0 saturated carbocycles. The predicted molar refractivity (Wildman–Crippen MR) is 155 cm³/mol. The van der Waals surface area contributed by atoms with Crippen LogP contribution in [0.2, 0.25) is 15.1 Å². The minimum Gasteiger partial charge on any atom is -0.341 e. The van der Waals surface area contributed by atoms with Crippen molar-refractivity contribution in [1.29, 1.82) is 0 Å². The van der Waals surface area contributed by atoms with Crippen molar-refractivity contribution in [3.63, 3.8) is 0 Å². The Bertz CT molecular complexity index is 1310. The third-order valence-corrected chi connectivity index (χ3v) is 8.92. The van der Waals surface area contributed by atoms with Gasteiger partial charge in [-0.1, -0.05) is 83.4 Å². The van der Waals surface area contributed by atoms with Crippen LogP contribution in [-0.4, -0.2) is 48.9 Å². The number of likely N-dealkylation sites (tertiary alicyclic amines) is 1. The van der Waals surface area contributed by atoms with Gasteiger partial charge in [0.1, 0.15) is 0 Å². The van der Waals surface area contributed by atoms with Crippen LogP contribution in [0.25, 0.3) is 6.08 Å². The lowest BCUT2D eigenvalue weighted by molar-refractivity contribution is 0.0781. The van der Waals surface area contributed by atoms with Gasteiger partial charge in [0.2, 0.25) is 0 Å². The predicted octanol–water partition coefficient (Wildman–Crippen LogP) is 7.95. The number of likely N-dealkylation sites (N-methyl/N-ethyl adjacent to an activating group) is 1. The van der Waals surface area contributed by atoms with E-state index in [1.807, 2.05) is 25.2 Å². The van der Waals surface area contributed by atoms with Crippen LogP contribution in [0, 0.1) is 0 Å². The molecule has 3 nitrogen and oxygen atoms in total. The maximum atomic E-state index is 13.1. The minimum absolute atomic E-state index is 0.0424. The van der Waals surface area contributed by atoms with Gasteiger partial charge in [0.15, 0.2) is 0 Å². The van der Waals surface area contributed by atoms with Crippen LogP contribution in [0.3, 0.4) is 0 Å². The Kier molecular flexibility index (Phi) is 7.97. The van der Waals surface area contributed by atoms with Gasteiger partial charge in [-0.15, -0.1) is 0 Å². The molecular formula is C31H31Cl3N2O. The number of carbonyl (C=O) groups excluding carboxylic acids is 1. The van der Waals surface area contributed by atoms with E-state index in [0.29, 0.717) is 27.2 Å². The molecule has 3 aromatic rings. The van der Waals surface area contributed by atoms with Gasteiger partial charge < -0.3 is 9.80 Å². The summed E-state index contributed by atoms with van der Waals surface area (Å²) in [6.07, 6.45) is 7.89. The van der Waals surface area contributed by atoms with Gasteiger partial charge in [-0.2, -0.15) is 0 Å². The molecule has 1 fully saturated rings. The number of nitrogens with zero attached hydrogens (tertiary/aromatic N) is 2. The van der Waals surface area contributed by atoms with E-state index in [0.717, 1.165) is 44.5 Å². The first-order chi connectivity index (χ1) is 17.8. The van der Waals surface area contributed by atoms with Crippen LogP contribution in [0.4, 0.5) is 0 Å². The van der Waals surface area contributed by atoms with E-state index in [4.69, 9.17) is 34.8 Å². The van der Waals surface area contributed by atoms with Gasteiger partial charge in [0.05, 0.1) is 10.0 Å². The van der Waals surface area contributed by atoms with Crippen LogP contribution in [0.1, 0.15) is 52.2 Å². The van der Waals surface area contributed by atoms with Gasteiger partial charge in [-0.25, -0.2) is 0 Å². The van der Waals surface area contributed by atoms with E-state index in [1.54, 1.807) is 29.2 Å². The summed E-state index contributed by atoms with van der Waals surface area (Å²) in [7, 11) is 1.85. The van der Waals surface area contributed by atoms with Gasteiger partial charge >= 0.3 is 0 Å². The Balaban J connectivity index is 1.26. The summed E-state index contributed by atoms with van der Waals surface area (Å²) in [6.45, 7) is 3.66. The highest BCUT2D eigenvalue weighted by Gasteiger charge is 2.37. The first kappa shape index (κ1) is 26.3. The standard InChI is InChI=1S/C31H31Cl3N2O/c1-35(30(37)24-6-4-7-26(32)19-24)21-25(23-9-10-28(33)29(34)20-23)12-16-36-17-14-31(15-18-36)13-11-22-5-2-3-8-27(22)31/h2-11,13,19-20,25H,12,14-18,21H2,1H3/t25-/m1/s1. The molecule has 1 atom stereocenters. The lowest BCUT2D eigenvalue weighted by Crippen LogP contribution is -2.42. The molecule has 2 aliphatic rings. The van der Waals surface area contributed by atoms with E-state index in [-0.39, 0.29) is 17.2 Å². The molecule has 0 unspecified atom stereocenters. The van der Waals surface area contributed by atoms with Crippen molar-refractivity contribution >= 4 is 46.8 Å². The quantitative estimate of drug-likeness (QED) is 0.296. The lowest BCUT2D eigenvalue weighted by atomic mass is 9.74. The van der Waals surface area contributed by atoms with Crippen molar-refractivity contribution in [2.24, 2.45) is 0 Å². The lowest BCUT2D eigenvalue weighted by Gasteiger charge is -2.40.